The van der Waals surface area contributed by atoms with Crippen LogP contribution in [0.2, 0.25) is 0 Å². The number of amides is 1. The first-order chi connectivity index (χ1) is 19.2. The van der Waals surface area contributed by atoms with Gasteiger partial charge in [0.05, 0.1) is 11.4 Å². The molecule has 12 heteroatoms. The lowest BCUT2D eigenvalue weighted by Gasteiger charge is -2.32. The zero-order valence-corrected chi connectivity index (χ0v) is 21.6. The molecule has 1 fully saturated rings. The van der Waals surface area contributed by atoms with Crippen molar-refractivity contribution >= 4 is 22.8 Å². The molecule has 1 aliphatic rings. The Hall–Kier alpha value is -4.45. The molecule has 1 amide bonds. The molecule has 3 heterocycles. The summed E-state index contributed by atoms with van der Waals surface area (Å²) in [5.41, 5.74) is 10.3. The largest absolute Gasteiger partial charge is 0.573 e. The molecule has 0 saturated carbocycles. The van der Waals surface area contributed by atoms with Crippen LogP contribution in [0, 0.1) is 0 Å². The van der Waals surface area contributed by atoms with Gasteiger partial charge in [-0.15, -0.1) is 13.2 Å². The van der Waals surface area contributed by atoms with E-state index in [0.29, 0.717) is 48.7 Å². The highest BCUT2D eigenvalue weighted by molar-refractivity contribution is 5.98. The number of hydrogen-bond acceptors (Lipinski definition) is 7. The SMILES string of the molecule is C=CC(=O)N1CCCC(n2nc(-c3ccc(CNCc4ccc(OC(F)(F)F)cc4)cc3)c3c(N)ncnc32)C1. The minimum atomic E-state index is -4.71. The van der Waals surface area contributed by atoms with E-state index >= 15 is 0 Å². The first-order valence-corrected chi connectivity index (χ1v) is 12.8. The van der Waals surface area contributed by atoms with Crippen LogP contribution in [0.4, 0.5) is 19.0 Å². The number of aromatic nitrogens is 4. The topological polar surface area (TPSA) is 111 Å². The van der Waals surface area contributed by atoms with Crippen molar-refractivity contribution in [1.82, 2.24) is 30.0 Å². The number of rotatable bonds is 8. The standard InChI is InChI=1S/C28H28F3N7O2/c1-2-23(39)37-13-3-4-21(16-37)38-27-24(26(32)34-17-35-27)25(36-38)20-9-5-18(6-10-20)14-33-15-19-7-11-22(12-8-19)40-28(29,30)31/h2,5-12,17,21,33H,1,3-4,13-16H2,(H2,32,34,35). The van der Waals surface area contributed by atoms with Gasteiger partial charge in [-0.2, -0.15) is 5.10 Å². The average molecular weight is 552 g/mol. The Kier molecular flexibility index (Phi) is 7.69. The maximum atomic E-state index is 12.3. The summed E-state index contributed by atoms with van der Waals surface area (Å²) in [5.74, 6) is -0.0235. The number of nitrogens with two attached hydrogens (primary N) is 1. The Bertz CT molecular complexity index is 1500. The third kappa shape index (κ3) is 6.07. The van der Waals surface area contributed by atoms with Crippen LogP contribution < -0.4 is 15.8 Å². The van der Waals surface area contributed by atoms with Crippen LogP contribution in [-0.2, 0) is 17.9 Å². The number of anilines is 1. The second-order valence-electron chi connectivity index (χ2n) is 9.53. The number of alkyl halides is 3. The minimum absolute atomic E-state index is 0.0548. The smallest absolute Gasteiger partial charge is 0.406 e. The maximum Gasteiger partial charge on any atom is 0.573 e. The van der Waals surface area contributed by atoms with Gasteiger partial charge in [0.2, 0.25) is 5.91 Å². The lowest BCUT2D eigenvalue weighted by atomic mass is 10.1. The van der Waals surface area contributed by atoms with Crippen molar-refractivity contribution in [1.29, 1.82) is 0 Å². The number of nitrogen functional groups attached to an aromatic ring is 1. The number of nitrogens with one attached hydrogen (secondary N) is 1. The van der Waals surface area contributed by atoms with Gasteiger partial charge in [0.15, 0.2) is 5.65 Å². The number of likely N-dealkylation sites (tertiary alicyclic amines) is 1. The van der Waals surface area contributed by atoms with Gasteiger partial charge in [-0.25, -0.2) is 14.6 Å². The molecule has 3 N–H and O–H groups in total. The molecule has 0 bridgehead atoms. The zero-order chi connectivity index (χ0) is 28.3. The summed E-state index contributed by atoms with van der Waals surface area (Å²) < 4.78 is 42.8. The van der Waals surface area contributed by atoms with Crippen LogP contribution in [-0.4, -0.2) is 50.0 Å². The van der Waals surface area contributed by atoms with E-state index in [-0.39, 0.29) is 17.7 Å². The molecule has 0 radical (unpaired) electrons. The summed E-state index contributed by atoms with van der Waals surface area (Å²) >= 11 is 0. The number of ether oxygens (including phenoxy) is 1. The van der Waals surface area contributed by atoms with Gasteiger partial charge in [-0.3, -0.25) is 4.79 Å². The van der Waals surface area contributed by atoms with Crippen LogP contribution in [0.15, 0.2) is 67.5 Å². The van der Waals surface area contributed by atoms with Crippen LogP contribution in [0.25, 0.3) is 22.3 Å². The molecule has 2 aromatic carbocycles. The van der Waals surface area contributed by atoms with E-state index in [1.807, 2.05) is 28.9 Å². The number of nitrogens with zero attached hydrogens (tertiary/aromatic N) is 5. The first-order valence-electron chi connectivity index (χ1n) is 12.8. The molecule has 0 spiro atoms. The summed E-state index contributed by atoms with van der Waals surface area (Å²) in [5, 5.41) is 8.85. The van der Waals surface area contributed by atoms with E-state index in [2.05, 4.69) is 26.6 Å². The number of piperidine rings is 1. The second-order valence-corrected chi connectivity index (χ2v) is 9.53. The van der Waals surface area contributed by atoms with Crippen LogP contribution >= 0.6 is 0 Å². The fourth-order valence-corrected chi connectivity index (χ4v) is 4.88. The highest BCUT2D eigenvalue weighted by Gasteiger charge is 2.31. The third-order valence-corrected chi connectivity index (χ3v) is 6.79. The average Bonchev–Trinajstić information content (AvgIpc) is 3.34. The maximum absolute atomic E-state index is 12.3. The highest BCUT2D eigenvalue weighted by atomic mass is 19.4. The molecule has 208 valence electrons. The molecule has 1 saturated heterocycles. The van der Waals surface area contributed by atoms with Crippen molar-refractivity contribution < 1.29 is 22.7 Å². The monoisotopic (exact) mass is 551 g/mol. The van der Waals surface area contributed by atoms with Crippen molar-refractivity contribution in [2.24, 2.45) is 0 Å². The lowest BCUT2D eigenvalue weighted by Crippen LogP contribution is -2.40. The molecule has 1 aliphatic heterocycles. The van der Waals surface area contributed by atoms with Crippen LogP contribution in [0.5, 0.6) is 5.75 Å². The fourth-order valence-electron chi connectivity index (χ4n) is 4.88. The molecule has 1 atom stereocenters. The van der Waals surface area contributed by atoms with Crippen molar-refractivity contribution in [3.63, 3.8) is 0 Å². The Balaban J connectivity index is 1.29. The molecule has 4 aromatic rings. The Morgan fingerprint density at radius 1 is 1.10 bits per heavy atom. The summed E-state index contributed by atoms with van der Waals surface area (Å²) in [4.78, 5) is 22.6. The Morgan fingerprint density at radius 3 is 2.42 bits per heavy atom. The quantitative estimate of drug-likeness (QED) is 0.308. The van der Waals surface area contributed by atoms with Crippen molar-refractivity contribution in [3.05, 3.63) is 78.6 Å². The Morgan fingerprint density at radius 2 is 1.77 bits per heavy atom. The minimum Gasteiger partial charge on any atom is -0.406 e. The summed E-state index contributed by atoms with van der Waals surface area (Å²) in [7, 11) is 0. The number of carbonyl (C=O) groups excluding carboxylic acids is 1. The van der Waals surface area contributed by atoms with Gasteiger partial charge in [-0.05, 0) is 42.2 Å². The van der Waals surface area contributed by atoms with Crippen LogP contribution in [0.3, 0.4) is 0 Å². The number of benzene rings is 2. The number of halogens is 3. The fraction of sp³-hybridized carbons (Fsp3) is 0.286. The van der Waals surface area contributed by atoms with Gasteiger partial charge in [0.1, 0.15) is 23.6 Å². The van der Waals surface area contributed by atoms with Gasteiger partial charge in [0.25, 0.3) is 0 Å². The first kappa shape index (κ1) is 27.1. The predicted molar refractivity (Wildman–Crippen MR) is 144 cm³/mol. The number of fused-ring (bicyclic) bond motifs is 1. The van der Waals surface area contributed by atoms with E-state index in [9.17, 15) is 18.0 Å². The molecule has 1 unspecified atom stereocenters. The summed E-state index contributed by atoms with van der Waals surface area (Å²) in [6.45, 7) is 5.81. The molecular formula is C28H28F3N7O2. The second kappa shape index (κ2) is 11.3. The normalized spacial score (nSPS) is 15.8. The van der Waals surface area contributed by atoms with E-state index in [0.717, 1.165) is 29.5 Å². The number of hydrogen-bond donors (Lipinski definition) is 2. The molecule has 5 rings (SSSR count). The predicted octanol–water partition coefficient (Wildman–Crippen LogP) is 4.61. The van der Waals surface area contributed by atoms with E-state index in [1.54, 1.807) is 17.0 Å². The zero-order valence-electron chi connectivity index (χ0n) is 21.6. The molecule has 9 nitrogen and oxygen atoms in total. The lowest BCUT2D eigenvalue weighted by molar-refractivity contribution is -0.274. The summed E-state index contributed by atoms with van der Waals surface area (Å²) in [6.07, 6.45) is -0.272. The third-order valence-electron chi connectivity index (χ3n) is 6.79. The van der Waals surface area contributed by atoms with Crippen molar-refractivity contribution in [3.8, 4) is 17.0 Å². The van der Waals surface area contributed by atoms with E-state index in [1.165, 1.54) is 24.5 Å². The number of carbonyl (C=O) groups is 1. The van der Waals surface area contributed by atoms with Gasteiger partial charge >= 0.3 is 6.36 Å². The van der Waals surface area contributed by atoms with Crippen LogP contribution in [0.1, 0.15) is 30.0 Å². The Labute approximate surface area is 228 Å². The van der Waals surface area contributed by atoms with Crippen molar-refractivity contribution in [2.75, 3.05) is 18.8 Å². The van der Waals surface area contributed by atoms with Crippen molar-refractivity contribution in [2.45, 2.75) is 38.3 Å². The van der Waals surface area contributed by atoms with E-state index < -0.39 is 6.36 Å². The molecule has 40 heavy (non-hydrogen) atoms. The van der Waals surface area contributed by atoms with E-state index in [4.69, 9.17) is 10.8 Å². The van der Waals surface area contributed by atoms with Gasteiger partial charge < -0.3 is 20.7 Å². The summed E-state index contributed by atoms with van der Waals surface area (Å²) in [6, 6.07) is 13.5. The highest BCUT2D eigenvalue weighted by Crippen LogP contribution is 2.34. The van der Waals surface area contributed by atoms with Gasteiger partial charge in [-0.1, -0.05) is 43.0 Å². The molecule has 0 aliphatic carbocycles. The molecule has 2 aromatic heterocycles. The molecular weight excluding hydrogens is 523 g/mol. The van der Waals surface area contributed by atoms with Gasteiger partial charge in [0, 0.05) is 31.7 Å².